The summed E-state index contributed by atoms with van der Waals surface area (Å²) in [5.41, 5.74) is 11.1. The zero-order valence-electron chi connectivity index (χ0n) is 14.6. The average molecular weight is 356 g/mol. The van der Waals surface area contributed by atoms with Crippen LogP contribution in [0.3, 0.4) is 0 Å². The maximum atomic E-state index is 11.7. The third-order valence-electron chi connectivity index (χ3n) is 4.17. The Kier molecular flexibility index (Phi) is 7.02. The molecular formula is C20H24N2O4. The number of hydrogen-bond acceptors (Lipinski definition) is 4. The zero-order chi connectivity index (χ0) is 18.8. The monoisotopic (exact) mass is 356 g/mol. The third kappa shape index (κ3) is 5.24. The highest BCUT2D eigenvalue weighted by molar-refractivity contribution is 5.66. The molecule has 2 aromatic carbocycles. The smallest absolute Gasteiger partial charge is 0.405 e. The first kappa shape index (κ1) is 19.3. The van der Waals surface area contributed by atoms with Crippen LogP contribution < -0.4 is 11.5 Å². The van der Waals surface area contributed by atoms with Crippen LogP contribution in [-0.4, -0.2) is 18.8 Å². The summed E-state index contributed by atoms with van der Waals surface area (Å²) < 4.78 is 10.4. The lowest BCUT2D eigenvalue weighted by Gasteiger charge is -2.34. The van der Waals surface area contributed by atoms with Gasteiger partial charge in [-0.05, 0) is 25.7 Å². The quantitative estimate of drug-likeness (QED) is 0.669. The van der Waals surface area contributed by atoms with E-state index in [0.29, 0.717) is 12.8 Å². The van der Waals surface area contributed by atoms with Crippen LogP contribution in [-0.2, 0) is 15.1 Å². The second-order valence-electron chi connectivity index (χ2n) is 5.96. The molecule has 0 aliphatic carbocycles. The molecule has 0 saturated carbocycles. The summed E-state index contributed by atoms with van der Waals surface area (Å²) in [5, 5.41) is 0. The van der Waals surface area contributed by atoms with E-state index in [-0.39, 0.29) is 6.61 Å². The Balaban J connectivity index is 2.22. The number of ether oxygens (including phenoxy) is 2. The predicted molar refractivity (Wildman–Crippen MR) is 98.3 cm³/mol. The van der Waals surface area contributed by atoms with Gasteiger partial charge in [-0.15, -0.1) is 0 Å². The molecule has 0 fully saturated rings. The van der Waals surface area contributed by atoms with E-state index in [1.54, 1.807) is 0 Å². The molecule has 138 valence electrons. The van der Waals surface area contributed by atoms with E-state index in [4.69, 9.17) is 20.9 Å². The van der Waals surface area contributed by atoms with Crippen molar-refractivity contribution in [1.29, 1.82) is 0 Å². The first-order chi connectivity index (χ1) is 12.5. The summed E-state index contributed by atoms with van der Waals surface area (Å²) in [7, 11) is 0. The topological polar surface area (TPSA) is 105 Å². The Bertz CT molecular complexity index is 665. The highest BCUT2D eigenvalue weighted by Crippen LogP contribution is 2.38. The number of carbonyl (C=O) groups excluding carboxylic acids is 2. The fourth-order valence-corrected chi connectivity index (χ4v) is 3.04. The number of primary amides is 2. The highest BCUT2D eigenvalue weighted by Gasteiger charge is 2.37. The van der Waals surface area contributed by atoms with Crippen LogP contribution in [0.25, 0.3) is 0 Å². The SMILES string of the molecule is NC(=O)OCCCCCC(OC(N)=O)(c1ccccc1)c1ccccc1. The molecular weight excluding hydrogens is 332 g/mol. The molecule has 26 heavy (non-hydrogen) atoms. The molecule has 2 amide bonds. The van der Waals surface area contributed by atoms with Gasteiger partial charge < -0.3 is 20.9 Å². The number of unbranched alkanes of at least 4 members (excludes halogenated alkanes) is 2. The van der Waals surface area contributed by atoms with Crippen LogP contribution >= 0.6 is 0 Å². The van der Waals surface area contributed by atoms with Crippen LogP contribution in [0.1, 0.15) is 36.8 Å². The number of carbonyl (C=O) groups is 2. The van der Waals surface area contributed by atoms with Crippen molar-refractivity contribution in [2.45, 2.75) is 31.3 Å². The van der Waals surface area contributed by atoms with Gasteiger partial charge in [0.25, 0.3) is 0 Å². The molecule has 0 bridgehead atoms. The lowest BCUT2D eigenvalue weighted by molar-refractivity contribution is 0.0360. The highest BCUT2D eigenvalue weighted by atomic mass is 16.6. The number of hydrogen-bond donors (Lipinski definition) is 2. The van der Waals surface area contributed by atoms with Crippen LogP contribution in [0.2, 0.25) is 0 Å². The lowest BCUT2D eigenvalue weighted by atomic mass is 9.81. The van der Waals surface area contributed by atoms with E-state index in [1.807, 2.05) is 60.7 Å². The van der Waals surface area contributed by atoms with E-state index < -0.39 is 17.8 Å². The van der Waals surface area contributed by atoms with Crippen LogP contribution in [0, 0.1) is 0 Å². The molecule has 4 N–H and O–H groups in total. The Labute approximate surface area is 153 Å². The lowest BCUT2D eigenvalue weighted by Crippen LogP contribution is -2.36. The number of benzene rings is 2. The van der Waals surface area contributed by atoms with Gasteiger partial charge in [0.1, 0.15) is 0 Å². The normalized spacial score (nSPS) is 10.9. The van der Waals surface area contributed by atoms with E-state index in [1.165, 1.54) is 0 Å². The Hall–Kier alpha value is -3.02. The maximum Gasteiger partial charge on any atom is 0.405 e. The fraction of sp³-hybridized carbons (Fsp3) is 0.300. The van der Waals surface area contributed by atoms with Crippen molar-refractivity contribution in [2.24, 2.45) is 11.5 Å². The second kappa shape index (κ2) is 9.46. The molecule has 2 aromatic rings. The van der Waals surface area contributed by atoms with Crippen molar-refractivity contribution < 1.29 is 19.1 Å². The minimum atomic E-state index is -0.959. The molecule has 0 atom stereocenters. The van der Waals surface area contributed by atoms with Crippen molar-refractivity contribution in [2.75, 3.05) is 6.61 Å². The molecule has 0 radical (unpaired) electrons. The van der Waals surface area contributed by atoms with Gasteiger partial charge in [-0.25, -0.2) is 9.59 Å². The summed E-state index contributed by atoms with van der Waals surface area (Å²) in [6, 6.07) is 19.1. The van der Waals surface area contributed by atoms with Crippen molar-refractivity contribution in [1.82, 2.24) is 0 Å². The average Bonchev–Trinajstić information content (AvgIpc) is 2.64. The summed E-state index contributed by atoms with van der Waals surface area (Å²) >= 11 is 0. The van der Waals surface area contributed by atoms with Crippen molar-refractivity contribution in [3.63, 3.8) is 0 Å². The molecule has 0 spiro atoms. The Morgan fingerprint density at radius 2 is 1.31 bits per heavy atom. The van der Waals surface area contributed by atoms with Gasteiger partial charge in [0, 0.05) is 11.1 Å². The largest absolute Gasteiger partial charge is 0.450 e. The van der Waals surface area contributed by atoms with Crippen LogP contribution in [0.4, 0.5) is 9.59 Å². The van der Waals surface area contributed by atoms with Crippen molar-refractivity contribution in [3.05, 3.63) is 71.8 Å². The van der Waals surface area contributed by atoms with Crippen molar-refractivity contribution >= 4 is 12.2 Å². The van der Waals surface area contributed by atoms with Gasteiger partial charge >= 0.3 is 12.2 Å². The van der Waals surface area contributed by atoms with Crippen LogP contribution in [0.15, 0.2) is 60.7 Å². The molecule has 0 heterocycles. The summed E-state index contributed by atoms with van der Waals surface area (Å²) in [4.78, 5) is 22.3. The fourth-order valence-electron chi connectivity index (χ4n) is 3.04. The molecule has 0 saturated heterocycles. The predicted octanol–water partition coefficient (Wildman–Crippen LogP) is 3.68. The molecule has 0 aliphatic heterocycles. The summed E-state index contributed by atoms with van der Waals surface area (Å²) in [6.07, 6.45) is 1.18. The molecule has 0 aliphatic rings. The van der Waals surface area contributed by atoms with Gasteiger partial charge in [-0.1, -0.05) is 60.7 Å². The Morgan fingerprint density at radius 1 is 0.769 bits per heavy atom. The maximum absolute atomic E-state index is 11.7. The summed E-state index contributed by atoms with van der Waals surface area (Å²) in [6.45, 7) is 0.273. The molecule has 0 aromatic heterocycles. The molecule has 0 unspecified atom stereocenters. The number of amides is 2. The number of rotatable bonds is 9. The van der Waals surface area contributed by atoms with Gasteiger partial charge in [-0.3, -0.25) is 0 Å². The van der Waals surface area contributed by atoms with E-state index in [0.717, 1.165) is 24.0 Å². The molecule has 2 rings (SSSR count). The Morgan fingerprint density at radius 3 is 1.77 bits per heavy atom. The third-order valence-corrected chi connectivity index (χ3v) is 4.17. The van der Waals surface area contributed by atoms with Gasteiger partial charge in [0.15, 0.2) is 5.60 Å². The van der Waals surface area contributed by atoms with Crippen LogP contribution in [0.5, 0.6) is 0 Å². The summed E-state index contributed by atoms with van der Waals surface area (Å²) in [5.74, 6) is 0. The van der Waals surface area contributed by atoms with Gasteiger partial charge in [0.05, 0.1) is 6.61 Å². The standard InChI is InChI=1S/C20H24N2O4/c21-18(23)25-15-9-3-8-14-20(26-19(22)24,16-10-4-1-5-11-16)17-12-6-2-7-13-17/h1-2,4-7,10-13H,3,8-9,14-15H2,(H2,21,23)(H2,22,24). The molecule has 6 nitrogen and oxygen atoms in total. The van der Waals surface area contributed by atoms with Gasteiger partial charge in [-0.2, -0.15) is 0 Å². The van der Waals surface area contributed by atoms with E-state index in [9.17, 15) is 9.59 Å². The first-order valence-electron chi connectivity index (χ1n) is 8.56. The minimum absolute atomic E-state index is 0.273. The first-order valence-corrected chi connectivity index (χ1v) is 8.56. The number of nitrogens with two attached hydrogens (primary N) is 2. The van der Waals surface area contributed by atoms with E-state index in [2.05, 4.69) is 0 Å². The van der Waals surface area contributed by atoms with Gasteiger partial charge in [0.2, 0.25) is 0 Å². The second-order valence-corrected chi connectivity index (χ2v) is 5.96. The molecule has 6 heteroatoms. The zero-order valence-corrected chi connectivity index (χ0v) is 14.6. The van der Waals surface area contributed by atoms with Crippen molar-refractivity contribution in [3.8, 4) is 0 Å². The van der Waals surface area contributed by atoms with E-state index >= 15 is 0 Å². The minimum Gasteiger partial charge on any atom is -0.450 e.